The van der Waals surface area contributed by atoms with Gasteiger partial charge in [0.1, 0.15) is 0 Å². The molecule has 0 bridgehead atoms. The average molecular weight is 289 g/mol. The molecule has 0 aliphatic heterocycles. The fraction of sp³-hybridized carbons (Fsp3) is 0.750. The Kier molecular flexibility index (Phi) is 7.60. The molecule has 0 rings (SSSR count). The van der Waals surface area contributed by atoms with Crippen molar-refractivity contribution in [3.05, 3.63) is 0 Å². The van der Waals surface area contributed by atoms with E-state index in [0.717, 1.165) is 0 Å². The van der Waals surface area contributed by atoms with Crippen LogP contribution in [0.1, 0.15) is 27.2 Å². The minimum absolute atomic E-state index is 0.118. The lowest BCUT2D eigenvalue weighted by Crippen LogP contribution is -2.49. The van der Waals surface area contributed by atoms with Crippen LogP contribution in [0.4, 0.5) is 4.79 Å². The Morgan fingerprint density at radius 1 is 1.25 bits per heavy atom. The maximum absolute atomic E-state index is 11.5. The summed E-state index contributed by atoms with van der Waals surface area (Å²) in [6.45, 7) is 5.55. The van der Waals surface area contributed by atoms with E-state index in [1.807, 2.05) is 20.8 Å². The van der Waals surface area contributed by atoms with Gasteiger partial charge in [0.25, 0.3) is 0 Å². The molecule has 3 amide bonds. The standard InChI is InChI=1S/C12H23N3O5/c1-12(2,3)15-9(16)5-6-13-11(19)14-8(7-20-4)10(17)18/h8H,5-7H2,1-4H3,(H,15,16)(H,17,18)(H2,13,14,19). The van der Waals surface area contributed by atoms with E-state index < -0.39 is 18.0 Å². The average Bonchev–Trinajstić information content (AvgIpc) is 2.25. The summed E-state index contributed by atoms with van der Waals surface area (Å²) in [6, 6.07) is -1.78. The summed E-state index contributed by atoms with van der Waals surface area (Å²) in [5.74, 6) is -1.38. The minimum atomic E-state index is -1.19. The van der Waals surface area contributed by atoms with Gasteiger partial charge in [0.05, 0.1) is 6.61 Å². The van der Waals surface area contributed by atoms with Gasteiger partial charge >= 0.3 is 12.0 Å². The fourth-order valence-corrected chi connectivity index (χ4v) is 1.32. The summed E-state index contributed by atoms with van der Waals surface area (Å²) in [7, 11) is 1.34. The van der Waals surface area contributed by atoms with Crippen LogP contribution < -0.4 is 16.0 Å². The number of carbonyl (C=O) groups is 3. The number of amides is 3. The lowest BCUT2D eigenvalue weighted by Gasteiger charge is -2.20. The molecule has 0 heterocycles. The Balaban J connectivity index is 3.99. The van der Waals surface area contributed by atoms with Crippen molar-refractivity contribution in [2.75, 3.05) is 20.3 Å². The van der Waals surface area contributed by atoms with E-state index in [1.165, 1.54) is 7.11 Å². The Labute approximate surface area is 118 Å². The number of nitrogens with one attached hydrogen (secondary N) is 3. The van der Waals surface area contributed by atoms with E-state index in [9.17, 15) is 14.4 Å². The van der Waals surface area contributed by atoms with E-state index >= 15 is 0 Å². The third kappa shape index (κ3) is 9.15. The lowest BCUT2D eigenvalue weighted by molar-refractivity contribution is -0.140. The fourth-order valence-electron chi connectivity index (χ4n) is 1.32. The van der Waals surface area contributed by atoms with Crippen LogP contribution in [0.2, 0.25) is 0 Å². The van der Waals surface area contributed by atoms with Gasteiger partial charge in [-0.15, -0.1) is 0 Å². The van der Waals surface area contributed by atoms with Gasteiger partial charge in [-0.3, -0.25) is 4.79 Å². The van der Waals surface area contributed by atoms with Crippen molar-refractivity contribution in [2.24, 2.45) is 0 Å². The number of ether oxygens (including phenoxy) is 1. The Morgan fingerprint density at radius 2 is 1.85 bits per heavy atom. The summed E-state index contributed by atoms with van der Waals surface area (Å²) >= 11 is 0. The molecule has 116 valence electrons. The third-order valence-electron chi connectivity index (χ3n) is 2.09. The van der Waals surface area contributed by atoms with Crippen LogP contribution in [0.3, 0.4) is 0 Å². The summed E-state index contributed by atoms with van der Waals surface area (Å²) in [4.78, 5) is 33.7. The van der Waals surface area contributed by atoms with Crippen molar-refractivity contribution >= 4 is 17.9 Å². The van der Waals surface area contributed by atoms with Crippen LogP contribution >= 0.6 is 0 Å². The van der Waals surface area contributed by atoms with Crippen LogP contribution in [0.25, 0.3) is 0 Å². The van der Waals surface area contributed by atoms with Gasteiger partial charge in [0, 0.05) is 25.6 Å². The number of aliphatic carboxylic acids is 1. The highest BCUT2D eigenvalue weighted by molar-refractivity contribution is 5.83. The van der Waals surface area contributed by atoms with Gasteiger partial charge in [0.2, 0.25) is 5.91 Å². The Morgan fingerprint density at radius 3 is 2.30 bits per heavy atom. The molecule has 8 heteroatoms. The van der Waals surface area contributed by atoms with Crippen LogP contribution in [-0.4, -0.2) is 54.9 Å². The maximum atomic E-state index is 11.5. The van der Waals surface area contributed by atoms with E-state index in [0.29, 0.717) is 0 Å². The SMILES string of the molecule is COCC(NC(=O)NCCC(=O)NC(C)(C)C)C(=O)O. The summed E-state index contributed by atoms with van der Waals surface area (Å²) in [6.07, 6.45) is 0.118. The van der Waals surface area contributed by atoms with Crippen LogP contribution in [0.5, 0.6) is 0 Å². The van der Waals surface area contributed by atoms with Crippen molar-refractivity contribution < 1.29 is 24.2 Å². The molecule has 1 atom stereocenters. The van der Waals surface area contributed by atoms with E-state index in [1.54, 1.807) is 0 Å². The van der Waals surface area contributed by atoms with Gasteiger partial charge in [-0.2, -0.15) is 0 Å². The molecule has 8 nitrogen and oxygen atoms in total. The van der Waals surface area contributed by atoms with Gasteiger partial charge in [-0.1, -0.05) is 0 Å². The van der Waals surface area contributed by atoms with E-state index in [2.05, 4.69) is 20.7 Å². The largest absolute Gasteiger partial charge is 0.480 e. The topological polar surface area (TPSA) is 117 Å². The molecule has 0 radical (unpaired) electrons. The van der Waals surface area contributed by atoms with Crippen molar-refractivity contribution in [1.82, 2.24) is 16.0 Å². The van der Waals surface area contributed by atoms with Crippen molar-refractivity contribution in [3.8, 4) is 0 Å². The number of hydrogen-bond acceptors (Lipinski definition) is 4. The number of rotatable bonds is 7. The predicted molar refractivity (Wildman–Crippen MR) is 72.3 cm³/mol. The van der Waals surface area contributed by atoms with E-state index in [4.69, 9.17) is 5.11 Å². The molecule has 0 fully saturated rings. The first-order valence-corrected chi connectivity index (χ1v) is 6.23. The maximum Gasteiger partial charge on any atom is 0.328 e. The first-order chi connectivity index (χ1) is 9.15. The molecule has 1 unspecified atom stereocenters. The molecule has 0 aromatic carbocycles. The highest BCUT2D eigenvalue weighted by Gasteiger charge is 2.19. The number of carbonyl (C=O) groups excluding carboxylic acids is 2. The molecule has 20 heavy (non-hydrogen) atoms. The highest BCUT2D eigenvalue weighted by atomic mass is 16.5. The normalized spacial score (nSPS) is 12.4. The smallest absolute Gasteiger partial charge is 0.328 e. The number of methoxy groups -OCH3 is 1. The van der Waals surface area contributed by atoms with Gasteiger partial charge in [0.15, 0.2) is 6.04 Å². The summed E-state index contributed by atoms with van der Waals surface area (Å²) in [5.41, 5.74) is -0.327. The van der Waals surface area contributed by atoms with Gasteiger partial charge in [-0.05, 0) is 20.8 Å². The predicted octanol–water partition coefficient (Wildman–Crippen LogP) is -0.310. The van der Waals surface area contributed by atoms with Gasteiger partial charge in [-0.25, -0.2) is 9.59 Å². The summed E-state index contributed by atoms with van der Waals surface area (Å²) in [5, 5.41) is 16.2. The molecule has 0 saturated heterocycles. The first-order valence-electron chi connectivity index (χ1n) is 6.23. The zero-order valence-electron chi connectivity index (χ0n) is 12.3. The van der Waals surface area contributed by atoms with Crippen molar-refractivity contribution in [2.45, 2.75) is 38.8 Å². The van der Waals surface area contributed by atoms with Crippen molar-refractivity contribution in [3.63, 3.8) is 0 Å². The molecule has 0 aromatic rings. The minimum Gasteiger partial charge on any atom is -0.480 e. The second-order valence-electron chi connectivity index (χ2n) is 5.29. The number of urea groups is 1. The summed E-state index contributed by atoms with van der Waals surface area (Å²) < 4.78 is 4.68. The molecule has 4 N–H and O–H groups in total. The molecule has 0 spiro atoms. The molecule has 0 aliphatic carbocycles. The molecular weight excluding hydrogens is 266 g/mol. The van der Waals surface area contributed by atoms with E-state index in [-0.39, 0.29) is 31.0 Å². The lowest BCUT2D eigenvalue weighted by atomic mass is 10.1. The van der Waals surface area contributed by atoms with Crippen LogP contribution in [0, 0.1) is 0 Å². The zero-order valence-corrected chi connectivity index (χ0v) is 12.3. The Hall–Kier alpha value is -1.83. The number of carboxylic acids is 1. The Bertz CT molecular complexity index is 351. The number of carboxylic acid groups (broad SMARTS) is 1. The second kappa shape index (κ2) is 8.36. The molecule has 0 saturated carbocycles. The van der Waals surface area contributed by atoms with Crippen molar-refractivity contribution in [1.29, 1.82) is 0 Å². The van der Waals surface area contributed by atoms with Crippen LogP contribution in [-0.2, 0) is 14.3 Å². The quantitative estimate of drug-likeness (QED) is 0.513. The monoisotopic (exact) mass is 289 g/mol. The molecular formula is C12H23N3O5. The highest BCUT2D eigenvalue weighted by Crippen LogP contribution is 1.98. The molecule has 0 aromatic heterocycles. The van der Waals surface area contributed by atoms with Gasteiger partial charge < -0.3 is 25.8 Å². The number of hydrogen-bond donors (Lipinski definition) is 4. The second-order valence-corrected chi connectivity index (χ2v) is 5.29. The first kappa shape index (κ1) is 18.2. The van der Waals surface area contributed by atoms with Crippen LogP contribution in [0.15, 0.2) is 0 Å². The third-order valence-corrected chi connectivity index (χ3v) is 2.09. The zero-order chi connectivity index (χ0) is 15.8. The molecule has 0 aliphatic rings.